The van der Waals surface area contributed by atoms with E-state index >= 15 is 0 Å². The molecule has 0 aromatic heterocycles. The number of piperidine rings is 1. The van der Waals surface area contributed by atoms with Crippen LogP contribution in [0.4, 0.5) is 0 Å². The van der Waals surface area contributed by atoms with Crippen molar-refractivity contribution in [3.63, 3.8) is 0 Å². The van der Waals surface area contributed by atoms with Crippen LogP contribution in [0, 0.1) is 12.3 Å². The van der Waals surface area contributed by atoms with E-state index in [-0.39, 0.29) is 30.3 Å². The Balaban J connectivity index is 1.74. The van der Waals surface area contributed by atoms with Crippen molar-refractivity contribution in [1.82, 2.24) is 10.2 Å². The highest BCUT2D eigenvalue weighted by molar-refractivity contribution is 6.19. The van der Waals surface area contributed by atoms with Crippen LogP contribution in [0.25, 0.3) is 0 Å². The van der Waals surface area contributed by atoms with E-state index in [0.717, 1.165) is 18.4 Å². The van der Waals surface area contributed by atoms with Crippen LogP contribution in [0.5, 0.6) is 5.75 Å². The summed E-state index contributed by atoms with van der Waals surface area (Å²) in [6, 6.07) is 7.73. The highest BCUT2D eigenvalue weighted by Gasteiger charge is 2.30. The van der Waals surface area contributed by atoms with Crippen molar-refractivity contribution < 1.29 is 14.3 Å². The van der Waals surface area contributed by atoms with Gasteiger partial charge in [0.25, 0.3) is 5.91 Å². The van der Waals surface area contributed by atoms with Gasteiger partial charge in [-0.05, 0) is 45.7 Å². The molecule has 1 aliphatic heterocycles. The normalized spacial score (nSPS) is 15.8. The fourth-order valence-electron chi connectivity index (χ4n) is 2.59. The summed E-state index contributed by atoms with van der Waals surface area (Å²) in [5.41, 5.74) is 0.580. The molecule has 1 heterocycles. The van der Waals surface area contributed by atoms with Crippen LogP contribution in [0.2, 0.25) is 0 Å². The highest BCUT2D eigenvalue weighted by atomic mass is 35.5. The van der Waals surface area contributed by atoms with E-state index in [4.69, 9.17) is 16.3 Å². The number of nitrogens with zero attached hydrogens (tertiary/aromatic N) is 1. The number of likely N-dealkylation sites (tertiary alicyclic amines) is 1. The summed E-state index contributed by atoms with van der Waals surface area (Å²) in [6.07, 6.45) is 1.50. The molecule has 0 bridgehead atoms. The van der Waals surface area contributed by atoms with Crippen LogP contribution in [0.3, 0.4) is 0 Å². The van der Waals surface area contributed by atoms with Crippen molar-refractivity contribution in [1.29, 1.82) is 0 Å². The number of benzene rings is 1. The highest BCUT2D eigenvalue weighted by Crippen LogP contribution is 2.19. The third kappa shape index (κ3) is 5.63. The molecule has 1 fully saturated rings. The summed E-state index contributed by atoms with van der Waals surface area (Å²) in [5.74, 6) is 0.929. The van der Waals surface area contributed by atoms with Gasteiger partial charge in [0.2, 0.25) is 5.91 Å². The first-order valence-corrected chi connectivity index (χ1v) is 9.19. The van der Waals surface area contributed by atoms with E-state index in [1.54, 1.807) is 4.90 Å². The Kier molecular flexibility index (Phi) is 6.71. The number of carbonyl (C=O) groups excluding carboxylic acids is 2. The molecule has 1 aliphatic rings. The van der Waals surface area contributed by atoms with Crippen molar-refractivity contribution in [2.45, 2.75) is 39.7 Å². The van der Waals surface area contributed by atoms with Gasteiger partial charge < -0.3 is 15.0 Å². The second-order valence-corrected chi connectivity index (χ2v) is 7.52. The van der Waals surface area contributed by atoms with E-state index in [2.05, 4.69) is 5.32 Å². The molecule has 0 aliphatic carbocycles. The fourth-order valence-corrected chi connectivity index (χ4v) is 2.71. The Morgan fingerprint density at radius 3 is 2.40 bits per heavy atom. The smallest absolute Gasteiger partial charge is 0.260 e. The first kappa shape index (κ1) is 19.6. The summed E-state index contributed by atoms with van der Waals surface area (Å²) >= 11 is 5.84. The molecule has 0 saturated carbocycles. The minimum atomic E-state index is -0.573. The van der Waals surface area contributed by atoms with Crippen molar-refractivity contribution in [3.8, 4) is 5.75 Å². The second-order valence-electron chi connectivity index (χ2n) is 7.25. The lowest BCUT2D eigenvalue weighted by Gasteiger charge is -2.34. The van der Waals surface area contributed by atoms with Gasteiger partial charge in [-0.25, -0.2) is 0 Å². The number of halogens is 1. The van der Waals surface area contributed by atoms with Crippen molar-refractivity contribution in [2.24, 2.45) is 5.41 Å². The van der Waals surface area contributed by atoms with Gasteiger partial charge in [0.1, 0.15) is 5.75 Å². The summed E-state index contributed by atoms with van der Waals surface area (Å²) in [4.78, 5) is 26.2. The standard InChI is InChI=1S/C19H27ClN2O3/c1-14-4-6-16(7-5-14)25-12-17(23)22-10-8-15(9-11-22)21-18(24)19(2,3)13-20/h4-7,15H,8-13H2,1-3H3,(H,21,24). The number of hydrogen-bond donors (Lipinski definition) is 1. The van der Waals surface area contributed by atoms with Crippen LogP contribution in [-0.2, 0) is 9.59 Å². The number of rotatable bonds is 6. The lowest BCUT2D eigenvalue weighted by Crippen LogP contribution is -2.50. The Morgan fingerprint density at radius 1 is 1.24 bits per heavy atom. The summed E-state index contributed by atoms with van der Waals surface area (Å²) in [7, 11) is 0. The SMILES string of the molecule is Cc1ccc(OCC(=O)N2CCC(NC(=O)C(C)(C)CCl)CC2)cc1. The van der Waals surface area contributed by atoms with Crippen LogP contribution < -0.4 is 10.1 Å². The van der Waals surface area contributed by atoms with Gasteiger partial charge in [0, 0.05) is 25.0 Å². The van der Waals surface area contributed by atoms with Crippen LogP contribution in [0.1, 0.15) is 32.3 Å². The molecule has 138 valence electrons. The molecule has 0 radical (unpaired) electrons. The average Bonchev–Trinajstić information content (AvgIpc) is 2.61. The second kappa shape index (κ2) is 8.56. The van der Waals surface area contributed by atoms with Gasteiger partial charge in [0.15, 0.2) is 6.61 Å². The first-order valence-electron chi connectivity index (χ1n) is 8.66. The first-order chi connectivity index (χ1) is 11.8. The van der Waals surface area contributed by atoms with Crippen molar-refractivity contribution in [3.05, 3.63) is 29.8 Å². The molecule has 25 heavy (non-hydrogen) atoms. The third-order valence-electron chi connectivity index (χ3n) is 4.51. The topological polar surface area (TPSA) is 58.6 Å². The molecule has 0 spiro atoms. The largest absolute Gasteiger partial charge is 0.484 e. The number of nitrogens with one attached hydrogen (secondary N) is 1. The average molecular weight is 367 g/mol. The zero-order chi connectivity index (χ0) is 18.4. The Labute approximate surface area is 154 Å². The summed E-state index contributed by atoms with van der Waals surface area (Å²) < 4.78 is 5.55. The van der Waals surface area contributed by atoms with Crippen LogP contribution in [0.15, 0.2) is 24.3 Å². The predicted molar refractivity (Wildman–Crippen MR) is 98.9 cm³/mol. The molecule has 2 amide bonds. The van der Waals surface area contributed by atoms with E-state index in [0.29, 0.717) is 18.8 Å². The number of amides is 2. The quantitative estimate of drug-likeness (QED) is 0.787. The lowest BCUT2D eigenvalue weighted by atomic mass is 9.93. The summed E-state index contributed by atoms with van der Waals surface area (Å²) in [6.45, 7) is 6.96. The molecule has 0 atom stereocenters. The van der Waals surface area contributed by atoms with Crippen LogP contribution >= 0.6 is 11.6 Å². The molecule has 6 heteroatoms. The minimum absolute atomic E-state index is 0.0218. The maximum Gasteiger partial charge on any atom is 0.260 e. The molecule has 1 aromatic rings. The zero-order valence-corrected chi connectivity index (χ0v) is 15.9. The Hall–Kier alpha value is -1.75. The van der Waals surface area contributed by atoms with Gasteiger partial charge in [-0.1, -0.05) is 17.7 Å². The van der Waals surface area contributed by atoms with Gasteiger partial charge in [-0.2, -0.15) is 0 Å². The zero-order valence-electron chi connectivity index (χ0n) is 15.2. The van der Waals surface area contributed by atoms with Gasteiger partial charge >= 0.3 is 0 Å². The molecule has 1 N–H and O–H groups in total. The third-order valence-corrected chi connectivity index (χ3v) is 5.18. The number of aryl methyl sites for hydroxylation is 1. The van der Waals surface area contributed by atoms with E-state index in [1.165, 1.54) is 0 Å². The Bertz CT molecular complexity index is 593. The molecular formula is C19H27ClN2O3. The molecule has 1 saturated heterocycles. The molecule has 5 nitrogen and oxygen atoms in total. The summed E-state index contributed by atoms with van der Waals surface area (Å²) in [5, 5.41) is 3.04. The maximum atomic E-state index is 12.3. The monoisotopic (exact) mass is 366 g/mol. The molecular weight excluding hydrogens is 340 g/mol. The van der Waals surface area contributed by atoms with Crippen molar-refractivity contribution in [2.75, 3.05) is 25.6 Å². The number of ether oxygens (including phenoxy) is 1. The van der Waals surface area contributed by atoms with Crippen molar-refractivity contribution >= 4 is 23.4 Å². The Morgan fingerprint density at radius 2 is 1.84 bits per heavy atom. The van der Waals surface area contributed by atoms with Gasteiger partial charge in [0.05, 0.1) is 5.41 Å². The van der Waals surface area contributed by atoms with Crippen LogP contribution in [-0.4, -0.2) is 48.3 Å². The minimum Gasteiger partial charge on any atom is -0.484 e. The van der Waals surface area contributed by atoms with E-state index in [1.807, 2.05) is 45.0 Å². The van der Waals surface area contributed by atoms with Gasteiger partial charge in [-0.15, -0.1) is 11.6 Å². The maximum absolute atomic E-state index is 12.3. The molecule has 0 unspecified atom stereocenters. The number of hydrogen-bond acceptors (Lipinski definition) is 3. The van der Waals surface area contributed by atoms with Gasteiger partial charge in [-0.3, -0.25) is 9.59 Å². The lowest BCUT2D eigenvalue weighted by molar-refractivity contribution is -0.134. The number of carbonyl (C=O) groups is 2. The fraction of sp³-hybridized carbons (Fsp3) is 0.579. The molecule has 2 rings (SSSR count). The molecule has 1 aromatic carbocycles. The van der Waals surface area contributed by atoms with E-state index in [9.17, 15) is 9.59 Å². The predicted octanol–water partition coefficient (Wildman–Crippen LogP) is 2.75. The van der Waals surface area contributed by atoms with E-state index < -0.39 is 5.41 Å². The number of alkyl halides is 1.